The van der Waals surface area contributed by atoms with Gasteiger partial charge >= 0.3 is 0 Å². The second-order valence-corrected chi connectivity index (χ2v) is 7.34. The molecule has 4 nitrogen and oxygen atoms in total. The van der Waals surface area contributed by atoms with Gasteiger partial charge in [0, 0.05) is 23.1 Å². The standard InChI is InChI=1S/C24H20N2O2S/c27-23(16-28-21-12-5-2-6-13-21)25-15-18-8-7-11-20(14-18)24-26-22(17-29-24)19-9-3-1-4-10-19/h1-14,17H,15-16H2,(H,25,27). The Labute approximate surface area is 173 Å². The van der Waals surface area contributed by atoms with Crippen LogP contribution in [0.15, 0.2) is 90.3 Å². The summed E-state index contributed by atoms with van der Waals surface area (Å²) in [5, 5.41) is 5.93. The molecule has 0 aliphatic rings. The Hall–Kier alpha value is -3.44. The smallest absolute Gasteiger partial charge is 0.258 e. The van der Waals surface area contributed by atoms with E-state index in [9.17, 15) is 4.79 Å². The zero-order valence-corrected chi connectivity index (χ0v) is 16.6. The highest BCUT2D eigenvalue weighted by Crippen LogP contribution is 2.29. The number of hydrogen-bond acceptors (Lipinski definition) is 4. The summed E-state index contributed by atoms with van der Waals surface area (Å²) < 4.78 is 5.47. The van der Waals surface area contributed by atoms with Crippen molar-refractivity contribution < 1.29 is 9.53 Å². The summed E-state index contributed by atoms with van der Waals surface area (Å²) >= 11 is 1.62. The Morgan fingerprint density at radius 1 is 0.897 bits per heavy atom. The molecule has 144 valence electrons. The molecule has 0 atom stereocenters. The van der Waals surface area contributed by atoms with E-state index in [0.717, 1.165) is 27.4 Å². The van der Waals surface area contributed by atoms with E-state index in [2.05, 4.69) is 28.9 Å². The van der Waals surface area contributed by atoms with Gasteiger partial charge in [-0.25, -0.2) is 4.98 Å². The third-order valence-electron chi connectivity index (χ3n) is 4.35. The summed E-state index contributed by atoms with van der Waals surface area (Å²) in [5.74, 6) is 0.530. The Kier molecular flexibility index (Phi) is 5.98. The van der Waals surface area contributed by atoms with Crippen LogP contribution in [-0.2, 0) is 11.3 Å². The van der Waals surface area contributed by atoms with Gasteiger partial charge in [-0.2, -0.15) is 0 Å². The summed E-state index contributed by atoms with van der Waals surface area (Å²) in [5.41, 5.74) is 4.15. The molecule has 0 saturated carbocycles. The Morgan fingerprint density at radius 3 is 2.41 bits per heavy atom. The summed E-state index contributed by atoms with van der Waals surface area (Å²) in [6.45, 7) is 0.443. The van der Waals surface area contributed by atoms with Gasteiger partial charge in [0.25, 0.3) is 5.91 Å². The number of hydrogen-bond donors (Lipinski definition) is 1. The molecule has 0 bridgehead atoms. The van der Waals surface area contributed by atoms with E-state index in [1.165, 1.54) is 0 Å². The maximum Gasteiger partial charge on any atom is 0.258 e. The molecule has 0 aliphatic carbocycles. The molecule has 1 heterocycles. The van der Waals surface area contributed by atoms with Crippen LogP contribution in [0.5, 0.6) is 5.75 Å². The minimum absolute atomic E-state index is 0.00335. The van der Waals surface area contributed by atoms with Crippen LogP contribution >= 0.6 is 11.3 Å². The average molecular weight is 401 g/mol. The molecule has 3 aromatic carbocycles. The number of amides is 1. The van der Waals surface area contributed by atoms with Crippen LogP contribution in [-0.4, -0.2) is 17.5 Å². The second kappa shape index (κ2) is 9.17. The highest BCUT2D eigenvalue weighted by molar-refractivity contribution is 7.13. The number of rotatable bonds is 7. The van der Waals surface area contributed by atoms with E-state index in [-0.39, 0.29) is 12.5 Å². The van der Waals surface area contributed by atoms with E-state index in [1.54, 1.807) is 11.3 Å². The van der Waals surface area contributed by atoms with Crippen molar-refractivity contribution in [3.63, 3.8) is 0 Å². The first-order valence-corrected chi connectivity index (χ1v) is 10.2. The van der Waals surface area contributed by atoms with E-state index in [0.29, 0.717) is 12.3 Å². The summed E-state index contributed by atoms with van der Waals surface area (Å²) in [4.78, 5) is 16.8. The first-order chi connectivity index (χ1) is 14.3. The molecule has 0 spiro atoms. The number of para-hydroxylation sites is 1. The largest absolute Gasteiger partial charge is 0.484 e. The highest BCUT2D eigenvalue weighted by atomic mass is 32.1. The van der Waals surface area contributed by atoms with Crippen LogP contribution in [0, 0.1) is 0 Å². The zero-order chi connectivity index (χ0) is 19.9. The van der Waals surface area contributed by atoms with E-state index >= 15 is 0 Å². The van der Waals surface area contributed by atoms with Gasteiger partial charge in [0.2, 0.25) is 0 Å². The molecule has 0 aliphatic heterocycles. The number of thiazole rings is 1. The van der Waals surface area contributed by atoms with Crippen LogP contribution in [0.1, 0.15) is 5.56 Å². The van der Waals surface area contributed by atoms with Crippen molar-refractivity contribution in [3.8, 4) is 27.6 Å². The quantitative estimate of drug-likeness (QED) is 0.465. The van der Waals surface area contributed by atoms with E-state index < -0.39 is 0 Å². The lowest BCUT2D eigenvalue weighted by atomic mass is 10.1. The highest BCUT2D eigenvalue weighted by Gasteiger charge is 2.08. The number of benzene rings is 3. The van der Waals surface area contributed by atoms with Crippen LogP contribution in [0.2, 0.25) is 0 Å². The van der Waals surface area contributed by atoms with Crippen molar-refractivity contribution in [2.24, 2.45) is 0 Å². The SMILES string of the molecule is O=C(COc1ccccc1)NCc1cccc(-c2nc(-c3ccccc3)cs2)c1. The Morgan fingerprint density at radius 2 is 1.62 bits per heavy atom. The summed E-state index contributed by atoms with van der Waals surface area (Å²) in [6, 6.07) is 27.5. The molecule has 5 heteroatoms. The molecule has 0 unspecified atom stereocenters. The van der Waals surface area contributed by atoms with Gasteiger partial charge in [0.05, 0.1) is 5.69 Å². The maximum atomic E-state index is 12.1. The van der Waals surface area contributed by atoms with Crippen molar-refractivity contribution >= 4 is 17.2 Å². The molecule has 4 aromatic rings. The number of nitrogens with zero attached hydrogens (tertiary/aromatic N) is 1. The van der Waals surface area contributed by atoms with Crippen molar-refractivity contribution in [1.29, 1.82) is 0 Å². The van der Waals surface area contributed by atoms with Gasteiger partial charge in [-0.1, -0.05) is 66.7 Å². The topological polar surface area (TPSA) is 51.2 Å². The van der Waals surface area contributed by atoms with Crippen molar-refractivity contribution in [1.82, 2.24) is 10.3 Å². The van der Waals surface area contributed by atoms with Crippen molar-refractivity contribution in [3.05, 3.63) is 95.9 Å². The number of nitrogens with one attached hydrogen (secondary N) is 1. The first kappa shape index (κ1) is 18.9. The molecular weight excluding hydrogens is 380 g/mol. The molecule has 0 radical (unpaired) electrons. The lowest BCUT2D eigenvalue weighted by molar-refractivity contribution is -0.123. The lowest BCUT2D eigenvalue weighted by Gasteiger charge is -2.08. The fourth-order valence-corrected chi connectivity index (χ4v) is 3.71. The lowest BCUT2D eigenvalue weighted by Crippen LogP contribution is -2.28. The Bertz CT molecular complexity index is 1080. The number of ether oxygens (including phenoxy) is 1. The van der Waals surface area contributed by atoms with Gasteiger partial charge in [0.15, 0.2) is 6.61 Å². The number of aromatic nitrogens is 1. The Balaban J connectivity index is 1.36. The third-order valence-corrected chi connectivity index (χ3v) is 5.24. The predicted molar refractivity (Wildman–Crippen MR) is 117 cm³/mol. The minimum atomic E-state index is -0.153. The molecule has 1 amide bonds. The monoisotopic (exact) mass is 400 g/mol. The second-order valence-electron chi connectivity index (χ2n) is 6.48. The molecule has 1 aromatic heterocycles. The fourth-order valence-electron chi connectivity index (χ4n) is 2.88. The molecule has 1 N–H and O–H groups in total. The fraction of sp³-hybridized carbons (Fsp3) is 0.0833. The molecule has 0 saturated heterocycles. The van der Waals surface area contributed by atoms with Crippen molar-refractivity contribution in [2.75, 3.05) is 6.61 Å². The van der Waals surface area contributed by atoms with E-state index in [1.807, 2.05) is 66.7 Å². The maximum absolute atomic E-state index is 12.1. The van der Waals surface area contributed by atoms with Crippen LogP contribution in [0.3, 0.4) is 0 Å². The minimum Gasteiger partial charge on any atom is -0.484 e. The summed E-state index contributed by atoms with van der Waals surface area (Å²) in [7, 11) is 0. The molecular formula is C24H20N2O2S. The molecule has 0 fully saturated rings. The molecule has 29 heavy (non-hydrogen) atoms. The van der Waals surface area contributed by atoms with Crippen molar-refractivity contribution in [2.45, 2.75) is 6.54 Å². The van der Waals surface area contributed by atoms with E-state index in [4.69, 9.17) is 9.72 Å². The van der Waals surface area contributed by atoms with Gasteiger partial charge in [-0.05, 0) is 23.8 Å². The number of carbonyl (C=O) groups excluding carboxylic acids is 1. The van der Waals surface area contributed by atoms with Gasteiger partial charge in [-0.15, -0.1) is 11.3 Å². The zero-order valence-electron chi connectivity index (χ0n) is 15.7. The third kappa shape index (κ3) is 5.09. The van der Waals surface area contributed by atoms with Gasteiger partial charge in [-0.3, -0.25) is 4.79 Å². The normalized spacial score (nSPS) is 10.5. The number of carbonyl (C=O) groups is 1. The first-order valence-electron chi connectivity index (χ1n) is 9.33. The van der Waals surface area contributed by atoms with Gasteiger partial charge < -0.3 is 10.1 Å². The average Bonchev–Trinajstić information content (AvgIpc) is 3.28. The predicted octanol–water partition coefficient (Wildman–Crippen LogP) is 5.17. The van der Waals surface area contributed by atoms with Gasteiger partial charge in [0.1, 0.15) is 10.8 Å². The summed E-state index contributed by atoms with van der Waals surface area (Å²) in [6.07, 6.45) is 0. The van der Waals surface area contributed by atoms with Crippen LogP contribution in [0.25, 0.3) is 21.8 Å². The molecule has 4 rings (SSSR count). The van der Waals surface area contributed by atoms with Crippen LogP contribution in [0.4, 0.5) is 0 Å². The van der Waals surface area contributed by atoms with Crippen LogP contribution < -0.4 is 10.1 Å².